The summed E-state index contributed by atoms with van der Waals surface area (Å²) in [6.07, 6.45) is 18.3. The second-order valence-electron chi connectivity index (χ2n) is 27.5. The minimum Gasteiger partial charge on any atom is -0.493 e. The number of benzene rings is 1. The summed E-state index contributed by atoms with van der Waals surface area (Å²) in [6, 6.07) is 24.7. The van der Waals surface area contributed by atoms with Crippen LogP contribution in [0.1, 0.15) is 177 Å². The van der Waals surface area contributed by atoms with Crippen molar-refractivity contribution in [1.82, 2.24) is 0 Å². The van der Waals surface area contributed by atoms with Crippen LogP contribution in [-0.4, -0.2) is 12.3 Å². The Morgan fingerprint density at radius 1 is 0.605 bits per heavy atom. The van der Waals surface area contributed by atoms with Gasteiger partial charge in [-0.15, -0.1) is 45.3 Å². The third kappa shape index (κ3) is 19.2. The van der Waals surface area contributed by atoms with Gasteiger partial charge in [0, 0.05) is 55.7 Å². The summed E-state index contributed by atoms with van der Waals surface area (Å²) in [6.45, 7) is 51.8. The first-order chi connectivity index (χ1) is 35.0. The number of hydrogen-bond acceptors (Lipinski definition) is 8. The minimum atomic E-state index is -0.556. The maximum Gasteiger partial charge on any atom is 0.204 e. The molecule has 2 aliphatic heterocycles. The van der Waals surface area contributed by atoms with E-state index in [0.29, 0.717) is 34.5 Å². The van der Waals surface area contributed by atoms with Crippen molar-refractivity contribution in [3.8, 4) is 36.7 Å². The molecule has 5 aromatic rings. The van der Waals surface area contributed by atoms with E-state index in [1.807, 2.05) is 58.3 Å². The number of hydrogen-bond donors (Lipinski definition) is 0. The van der Waals surface area contributed by atoms with E-state index in [2.05, 4.69) is 227 Å². The van der Waals surface area contributed by atoms with Crippen LogP contribution >= 0.6 is 45.3 Å². The Hall–Kier alpha value is -4.90. The molecule has 0 bridgehead atoms. The lowest BCUT2D eigenvalue weighted by atomic mass is 9.83. The van der Waals surface area contributed by atoms with Gasteiger partial charge in [0.15, 0.2) is 0 Å². The summed E-state index contributed by atoms with van der Waals surface area (Å²) in [7, 11) is 0. The Morgan fingerprint density at radius 2 is 1.03 bits per heavy atom. The summed E-state index contributed by atoms with van der Waals surface area (Å²) >= 11 is 7.52. The fraction of sp³-hybridized carbons (Fsp3) is 0.493. The predicted molar refractivity (Wildman–Crippen MR) is 335 cm³/mol. The van der Waals surface area contributed by atoms with E-state index in [0.717, 1.165) is 48.4 Å². The molecular weight excluding hydrogens is 1010 g/mol. The van der Waals surface area contributed by atoms with Crippen molar-refractivity contribution >= 4 is 57.5 Å². The predicted octanol–water partition coefficient (Wildman–Crippen LogP) is 20.7. The van der Waals surface area contributed by atoms with E-state index in [4.69, 9.17) is 21.3 Å². The average Bonchev–Trinajstić information content (AvgIpc) is 4.15. The Morgan fingerprint density at radius 3 is 1.49 bits per heavy atom. The summed E-state index contributed by atoms with van der Waals surface area (Å²) in [5, 5.41) is 11.8. The molecule has 0 spiro atoms. The molecule has 0 fully saturated rings. The topological polar surface area (TPSA) is 62.1 Å². The standard InChI is InChI=1S/C26H30N2S2.C22H32N2O.C19H26S2/c1-25(2,3)14-13-17-7-11-21(29-17)19-9-10-20(24-23(19)27-16-28-24)22-12-8-18(30-22)15-26(4,5)6;1-16(24-9)19-17(15-23)18(11-14-21(5,6)7)22(8,25-19)13-10-12-20(2,3)4;1-18(2,3)12-11-14-7-9-16(20-14)17-10-8-15(21-17)13-19(4,5)6/h7-14H,15-16H2,1-6H3;11,14H,10,12-13H2,1-8H3;7-12H,13H2,1-6H3/b14-13+;14-11+,19-16-;12-11+. The highest BCUT2D eigenvalue weighted by molar-refractivity contribution is 7.22. The van der Waals surface area contributed by atoms with Gasteiger partial charge in [0.25, 0.3) is 0 Å². The monoisotopic (exact) mass is 1090 g/mol. The van der Waals surface area contributed by atoms with Crippen LogP contribution in [-0.2, 0) is 17.6 Å². The van der Waals surface area contributed by atoms with Crippen LogP contribution in [0.15, 0.2) is 118 Å². The molecule has 6 heterocycles. The van der Waals surface area contributed by atoms with Gasteiger partial charge in [0.2, 0.25) is 5.70 Å². The van der Waals surface area contributed by atoms with E-state index in [-0.39, 0.29) is 21.7 Å². The van der Waals surface area contributed by atoms with Gasteiger partial charge in [-0.25, -0.2) is 4.85 Å². The van der Waals surface area contributed by atoms with Crippen molar-refractivity contribution in [2.45, 2.75) is 176 Å². The molecule has 5 nitrogen and oxygen atoms in total. The van der Waals surface area contributed by atoms with Gasteiger partial charge in [-0.1, -0.05) is 161 Å². The lowest BCUT2D eigenvalue weighted by Crippen LogP contribution is -2.27. The summed E-state index contributed by atoms with van der Waals surface area (Å²) in [5.74, 6) is 0.448. The first-order valence-corrected chi connectivity index (χ1v) is 30.2. The molecule has 2 aliphatic rings. The Kier molecular flexibility index (Phi) is 20.2. The average molecular weight is 1090 g/mol. The van der Waals surface area contributed by atoms with Crippen molar-refractivity contribution in [3.63, 3.8) is 0 Å². The molecule has 0 saturated heterocycles. The second kappa shape index (κ2) is 24.8. The number of ether oxygens (including phenoxy) is 1. The number of nitrogens with zero attached hydrogens (tertiary/aromatic N) is 4. The third-order valence-electron chi connectivity index (χ3n) is 12.2. The van der Waals surface area contributed by atoms with Crippen LogP contribution in [0.25, 0.3) is 47.6 Å². The quantitative estimate of drug-likeness (QED) is 0.124. The molecule has 76 heavy (non-hydrogen) atoms. The molecule has 1 aromatic carbocycles. The van der Waals surface area contributed by atoms with Crippen LogP contribution < -0.4 is 10.7 Å². The highest BCUT2D eigenvalue weighted by atomic mass is 32.1. The molecule has 406 valence electrons. The molecule has 0 N–H and O–H groups in total. The highest BCUT2D eigenvalue weighted by Crippen LogP contribution is 2.45. The molecule has 0 amide bonds. The Bertz CT molecular complexity index is 3170. The van der Waals surface area contributed by atoms with Crippen LogP contribution in [0.4, 0.5) is 0 Å². The van der Waals surface area contributed by atoms with Gasteiger partial charge in [0.1, 0.15) is 24.1 Å². The Labute approximate surface area is 475 Å². The van der Waals surface area contributed by atoms with E-state index in [1.54, 1.807) is 6.92 Å². The zero-order chi connectivity index (χ0) is 56.7. The fourth-order valence-electron chi connectivity index (χ4n) is 8.44. The maximum absolute atomic E-state index is 9.71. The molecule has 4 aromatic heterocycles. The van der Waals surface area contributed by atoms with Crippen molar-refractivity contribution in [3.05, 3.63) is 149 Å². The first-order valence-electron chi connectivity index (χ1n) is 26.9. The minimum absolute atomic E-state index is 0.0151. The van der Waals surface area contributed by atoms with E-state index >= 15 is 0 Å². The van der Waals surface area contributed by atoms with Gasteiger partial charge in [-0.3, -0.25) is 9.98 Å². The molecule has 1 unspecified atom stereocenters. The summed E-state index contributed by atoms with van der Waals surface area (Å²) in [5.41, 5.74) is 5.07. The molecule has 7 rings (SSSR count). The third-order valence-corrected chi connectivity index (χ3v) is 16.7. The maximum atomic E-state index is 9.71. The molecule has 0 radical (unpaired) electrons. The van der Waals surface area contributed by atoms with Crippen LogP contribution in [0.3, 0.4) is 0 Å². The molecular formula is C67H88N4OS4. The first kappa shape index (κ1) is 61.9. The molecule has 0 aliphatic carbocycles. The zero-order valence-corrected chi connectivity index (χ0v) is 53.1. The molecule has 1 atom stereocenters. The number of fused-ring (bicyclic) bond motifs is 1. The summed E-state index contributed by atoms with van der Waals surface area (Å²) < 4.78 is 6.22. The van der Waals surface area contributed by atoms with Crippen LogP contribution in [0.2, 0.25) is 0 Å². The smallest absolute Gasteiger partial charge is 0.204 e. The van der Waals surface area contributed by atoms with Gasteiger partial charge < -0.3 is 4.74 Å². The lowest BCUT2D eigenvalue weighted by molar-refractivity contribution is 0.0633. The molecule has 9 heteroatoms. The van der Waals surface area contributed by atoms with Crippen molar-refractivity contribution < 1.29 is 4.74 Å². The van der Waals surface area contributed by atoms with Crippen LogP contribution in [0, 0.1) is 50.4 Å². The van der Waals surface area contributed by atoms with Gasteiger partial charge in [-0.05, 0) is 139 Å². The highest BCUT2D eigenvalue weighted by Gasteiger charge is 2.41. The Balaban J connectivity index is 0.000000214. The van der Waals surface area contributed by atoms with Crippen LogP contribution in [0.5, 0.6) is 0 Å². The largest absolute Gasteiger partial charge is 0.493 e. The normalized spacial score (nSPS) is 16.9. The van der Waals surface area contributed by atoms with E-state index in [9.17, 15) is 5.26 Å². The van der Waals surface area contributed by atoms with Crippen molar-refractivity contribution in [2.75, 3.05) is 6.67 Å². The number of rotatable bonds is 11. The SMILES string of the molecule is CC(C)(C)/C=C/c1ccc(-c2ccc(-c3ccc(CC(C)(C)C)s3)c3c2=NCN=3)s1.CC(C)(C)/C=C/c1ccc(-c2ccc(CC(C)(C)C)s2)s1.[C-]#[N+]/C(C)=C1\OC(C)(CCCC(C)(C)C)C(/C=C/C(C)(C)C)=C1C#N. The fourth-order valence-corrected chi connectivity index (χ4v) is 13.0. The molecule has 0 saturated carbocycles. The zero-order valence-electron chi connectivity index (χ0n) is 49.8. The summed E-state index contributed by atoms with van der Waals surface area (Å²) in [4.78, 5) is 23.8. The van der Waals surface area contributed by atoms with Crippen molar-refractivity contribution in [1.29, 1.82) is 5.26 Å². The van der Waals surface area contributed by atoms with E-state index in [1.165, 1.54) is 50.1 Å². The van der Waals surface area contributed by atoms with Gasteiger partial charge in [0.05, 0.1) is 22.9 Å². The lowest BCUT2D eigenvalue weighted by Gasteiger charge is -2.29. The second-order valence-corrected chi connectivity index (χ2v) is 32.1. The van der Waals surface area contributed by atoms with Crippen molar-refractivity contribution in [2.24, 2.45) is 42.5 Å². The number of allylic oxidation sites excluding steroid dienone is 5. The van der Waals surface area contributed by atoms with Gasteiger partial charge >= 0.3 is 0 Å². The number of nitriles is 1. The number of thiophene rings is 4. The van der Waals surface area contributed by atoms with Gasteiger partial charge in [-0.2, -0.15) is 5.26 Å². The van der Waals surface area contributed by atoms with E-state index < -0.39 is 5.60 Å².